The maximum absolute atomic E-state index is 13.4. The zero-order valence-electron chi connectivity index (χ0n) is 28.0. The van der Waals surface area contributed by atoms with Crippen LogP contribution in [0.25, 0.3) is 0 Å². The molecule has 0 radical (unpaired) electrons. The van der Waals surface area contributed by atoms with Gasteiger partial charge in [-0.3, -0.25) is 14.7 Å². The van der Waals surface area contributed by atoms with Crippen LogP contribution < -0.4 is 9.62 Å². The number of aromatic nitrogens is 1. The number of aryl methyl sites for hydroxylation is 2. The quantitative estimate of drug-likeness (QED) is 0.271. The number of carbonyl (C=O) groups excluding carboxylic acids is 1. The van der Waals surface area contributed by atoms with E-state index < -0.39 is 22.0 Å². The Kier molecular flexibility index (Phi) is 11.2. The second-order valence-electron chi connectivity index (χ2n) is 13.4. The second-order valence-corrected chi connectivity index (χ2v) is 15.2. The van der Waals surface area contributed by atoms with Crippen molar-refractivity contribution in [3.05, 3.63) is 94.8 Å². The summed E-state index contributed by atoms with van der Waals surface area (Å²) in [7, 11) is -4.43. The number of sulfonamides is 1. The van der Waals surface area contributed by atoms with Gasteiger partial charge in [-0.05, 0) is 87.8 Å². The van der Waals surface area contributed by atoms with Crippen LogP contribution in [-0.2, 0) is 23.0 Å². The van der Waals surface area contributed by atoms with E-state index in [0.717, 1.165) is 86.5 Å². The number of anilines is 1. The number of pyridine rings is 1. The molecular weight excluding hydrogens is 639 g/mol. The Morgan fingerprint density at radius 1 is 0.958 bits per heavy atom. The molecular formula is C36H46F3N5O3S. The van der Waals surface area contributed by atoms with Gasteiger partial charge in [0.1, 0.15) is 0 Å². The number of hydrogen-bond acceptors (Lipinski definition) is 6. The highest BCUT2D eigenvalue weighted by Crippen LogP contribution is 2.34. The van der Waals surface area contributed by atoms with Crippen LogP contribution in [0.1, 0.15) is 65.3 Å². The van der Waals surface area contributed by atoms with Crippen molar-refractivity contribution >= 4 is 21.6 Å². The van der Waals surface area contributed by atoms with Crippen LogP contribution in [-0.4, -0.2) is 85.3 Å². The van der Waals surface area contributed by atoms with Gasteiger partial charge in [0, 0.05) is 62.7 Å². The standard InChI is InChI=1S/C36H46F3N5O3S/c1-27-13-19-40-28(2)33(27)34(45)42-23-17-35(3,18-24-42)43-21-15-32(16-22-43)44(25-30-7-5-4-6-8-30)31-11-9-29(10-12-31)14-20-41-48(46,47)26-36(37,38)39/h4-13,19,32,41H,14-18,20-26H2,1-3H3. The van der Waals surface area contributed by atoms with Gasteiger partial charge in [-0.15, -0.1) is 0 Å². The molecule has 2 fully saturated rings. The molecule has 2 aliphatic rings. The summed E-state index contributed by atoms with van der Waals surface area (Å²) in [6.45, 7) is 10.2. The third-order valence-electron chi connectivity index (χ3n) is 9.91. The lowest BCUT2D eigenvalue weighted by Crippen LogP contribution is -2.58. The molecule has 3 aromatic rings. The summed E-state index contributed by atoms with van der Waals surface area (Å²) in [6.07, 6.45) is 1.08. The highest BCUT2D eigenvalue weighted by atomic mass is 32.2. The molecule has 3 heterocycles. The highest BCUT2D eigenvalue weighted by Gasteiger charge is 2.40. The summed E-state index contributed by atoms with van der Waals surface area (Å²) in [4.78, 5) is 24.8. The molecule has 0 bridgehead atoms. The van der Waals surface area contributed by atoms with E-state index in [1.165, 1.54) is 5.56 Å². The van der Waals surface area contributed by atoms with E-state index in [2.05, 4.69) is 38.6 Å². The van der Waals surface area contributed by atoms with E-state index in [0.29, 0.717) is 6.04 Å². The minimum atomic E-state index is -4.78. The number of nitrogens with one attached hydrogen (secondary N) is 1. The average molecular weight is 686 g/mol. The van der Waals surface area contributed by atoms with E-state index in [9.17, 15) is 26.4 Å². The summed E-state index contributed by atoms with van der Waals surface area (Å²) >= 11 is 0. The van der Waals surface area contributed by atoms with Gasteiger partial charge in [0.15, 0.2) is 5.75 Å². The molecule has 0 spiro atoms. The summed E-state index contributed by atoms with van der Waals surface area (Å²) in [5.74, 6) is -1.81. The van der Waals surface area contributed by atoms with Crippen molar-refractivity contribution in [3.63, 3.8) is 0 Å². The first-order valence-corrected chi connectivity index (χ1v) is 18.3. The molecule has 0 aliphatic carbocycles. The smallest absolute Gasteiger partial charge is 0.364 e. The van der Waals surface area contributed by atoms with Gasteiger partial charge in [0.05, 0.1) is 11.3 Å². The SMILES string of the molecule is Cc1ccnc(C)c1C(=O)N1CCC(C)(N2CCC(N(Cc3ccccc3)c3ccc(CCNS(=O)(=O)CC(F)(F)F)cc3)CC2)CC1. The van der Waals surface area contributed by atoms with Crippen LogP contribution in [0.3, 0.4) is 0 Å². The Labute approximate surface area is 282 Å². The monoisotopic (exact) mass is 685 g/mol. The number of piperidine rings is 2. The lowest BCUT2D eigenvalue weighted by molar-refractivity contribution is -0.106. The third kappa shape index (κ3) is 9.15. The highest BCUT2D eigenvalue weighted by molar-refractivity contribution is 7.89. The van der Waals surface area contributed by atoms with Gasteiger partial charge in [-0.25, -0.2) is 13.1 Å². The Morgan fingerprint density at radius 3 is 2.21 bits per heavy atom. The van der Waals surface area contributed by atoms with Crippen molar-refractivity contribution in [3.8, 4) is 0 Å². The van der Waals surface area contributed by atoms with Crippen molar-refractivity contribution < 1.29 is 26.4 Å². The van der Waals surface area contributed by atoms with Crippen LogP contribution in [0.5, 0.6) is 0 Å². The number of likely N-dealkylation sites (tertiary alicyclic amines) is 2. The lowest BCUT2D eigenvalue weighted by atomic mass is 9.85. The fraction of sp³-hybridized carbons (Fsp3) is 0.500. The molecule has 0 atom stereocenters. The molecule has 5 rings (SSSR count). The van der Waals surface area contributed by atoms with Gasteiger partial charge in [0.2, 0.25) is 10.0 Å². The number of hydrogen-bond donors (Lipinski definition) is 1. The number of carbonyl (C=O) groups is 1. The van der Waals surface area contributed by atoms with E-state index in [1.807, 2.05) is 67.3 Å². The van der Waals surface area contributed by atoms with Gasteiger partial charge >= 0.3 is 6.18 Å². The number of amides is 1. The second kappa shape index (κ2) is 15.0. The predicted molar refractivity (Wildman–Crippen MR) is 182 cm³/mol. The number of nitrogens with zero attached hydrogens (tertiary/aromatic N) is 4. The first-order chi connectivity index (χ1) is 22.7. The van der Waals surface area contributed by atoms with Crippen molar-refractivity contribution in [1.82, 2.24) is 19.5 Å². The van der Waals surface area contributed by atoms with Crippen LogP contribution in [0, 0.1) is 13.8 Å². The maximum Gasteiger partial charge on any atom is 0.404 e. The van der Waals surface area contributed by atoms with Crippen molar-refractivity contribution in [2.24, 2.45) is 0 Å². The number of benzene rings is 2. The molecule has 1 aromatic heterocycles. The fourth-order valence-corrected chi connectivity index (χ4v) is 8.03. The summed E-state index contributed by atoms with van der Waals surface area (Å²) in [5, 5.41) is 0. The minimum absolute atomic E-state index is 0.0221. The van der Waals surface area contributed by atoms with Crippen molar-refractivity contribution in [1.29, 1.82) is 0 Å². The Morgan fingerprint density at radius 2 is 1.60 bits per heavy atom. The zero-order valence-corrected chi connectivity index (χ0v) is 28.8. The van der Waals surface area contributed by atoms with Crippen LogP contribution in [0.4, 0.5) is 18.9 Å². The number of alkyl halides is 3. The van der Waals surface area contributed by atoms with Gasteiger partial charge in [0.25, 0.3) is 5.91 Å². The predicted octanol–water partition coefficient (Wildman–Crippen LogP) is 5.89. The average Bonchev–Trinajstić information content (AvgIpc) is 3.04. The normalized spacial score (nSPS) is 17.8. The van der Waals surface area contributed by atoms with Gasteiger partial charge < -0.3 is 9.80 Å². The molecule has 48 heavy (non-hydrogen) atoms. The minimum Gasteiger partial charge on any atom is -0.364 e. The zero-order chi connectivity index (χ0) is 34.5. The van der Waals surface area contributed by atoms with Crippen LogP contribution in [0.15, 0.2) is 66.9 Å². The summed E-state index contributed by atoms with van der Waals surface area (Å²) in [6, 6.07) is 20.4. The van der Waals surface area contributed by atoms with Gasteiger partial charge in [-0.1, -0.05) is 42.5 Å². The van der Waals surface area contributed by atoms with E-state index in [4.69, 9.17) is 0 Å². The first-order valence-electron chi connectivity index (χ1n) is 16.6. The Hall–Kier alpha value is -3.48. The largest absolute Gasteiger partial charge is 0.404 e. The lowest BCUT2D eigenvalue weighted by Gasteiger charge is -2.50. The maximum atomic E-state index is 13.4. The van der Waals surface area contributed by atoms with Crippen molar-refractivity contribution in [2.75, 3.05) is 43.4 Å². The molecule has 2 aromatic carbocycles. The summed E-state index contributed by atoms with van der Waals surface area (Å²) in [5.41, 5.74) is 5.58. The first kappa shape index (κ1) is 35.8. The molecule has 1 N–H and O–H groups in total. The molecule has 260 valence electrons. The molecule has 0 saturated carbocycles. The third-order valence-corrected chi connectivity index (χ3v) is 11.3. The molecule has 2 saturated heterocycles. The van der Waals surface area contributed by atoms with E-state index in [-0.39, 0.29) is 24.4 Å². The molecule has 2 aliphatic heterocycles. The Bertz CT molecular complexity index is 1620. The topological polar surface area (TPSA) is 85.8 Å². The van der Waals surface area contributed by atoms with Crippen LogP contribution in [0.2, 0.25) is 0 Å². The number of halogens is 3. The van der Waals surface area contributed by atoms with Crippen molar-refractivity contribution in [2.45, 2.75) is 77.2 Å². The molecule has 12 heteroatoms. The fourth-order valence-electron chi connectivity index (χ4n) is 7.08. The van der Waals surface area contributed by atoms with Crippen LogP contribution >= 0.6 is 0 Å². The Balaban J connectivity index is 1.20. The summed E-state index contributed by atoms with van der Waals surface area (Å²) < 4.78 is 63.1. The van der Waals surface area contributed by atoms with Gasteiger partial charge in [-0.2, -0.15) is 13.2 Å². The van der Waals surface area contributed by atoms with E-state index in [1.54, 1.807) is 6.20 Å². The number of rotatable bonds is 11. The van der Waals surface area contributed by atoms with E-state index >= 15 is 0 Å². The molecule has 1 amide bonds. The molecule has 8 nitrogen and oxygen atoms in total. The molecule has 0 unspecified atom stereocenters.